The first kappa shape index (κ1) is 13.0. The Morgan fingerprint density at radius 3 is 2.78 bits per heavy atom. The van der Waals surface area contributed by atoms with Gasteiger partial charge in [0.1, 0.15) is 0 Å². The van der Waals surface area contributed by atoms with Crippen LogP contribution in [0.2, 0.25) is 0 Å². The minimum absolute atomic E-state index is 0.00124. The molecule has 3 nitrogen and oxygen atoms in total. The van der Waals surface area contributed by atoms with Crippen molar-refractivity contribution in [2.75, 3.05) is 13.6 Å². The van der Waals surface area contributed by atoms with E-state index in [1.54, 1.807) is 18.9 Å². The predicted octanol–water partition coefficient (Wildman–Crippen LogP) is 1.85. The molecule has 0 radical (unpaired) electrons. The smallest absolute Gasteiger partial charge is 0.239 e. The predicted molar refractivity (Wildman–Crippen MR) is 64.0 cm³/mol. The summed E-state index contributed by atoms with van der Waals surface area (Å²) in [6.45, 7) is 2.41. The Morgan fingerprint density at radius 1 is 1.44 bits per heavy atom. The van der Waals surface area contributed by atoms with Crippen molar-refractivity contribution in [1.82, 2.24) is 10.2 Å². The second-order valence-corrected chi connectivity index (χ2v) is 4.63. The third kappa shape index (κ3) is 2.36. The number of benzene rings is 1. The third-order valence-corrected chi connectivity index (χ3v) is 3.33. The van der Waals surface area contributed by atoms with Crippen LogP contribution in [0.3, 0.4) is 0 Å². The summed E-state index contributed by atoms with van der Waals surface area (Å²) in [6.07, 6.45) is 0.691. The van der Waals surface area contributed by atoms with Crippen LogP contribution in [0.4, 0.5) is 8.78 Å². The highest BCUT2D eigenvalue weighted by atomic mass is 19.2. The van der Waals surface area contributed by atoms with Crippen molar-refractivity contribution in [3.8, 4) is 0 Å². The fourth-order valence-electron chi connectivity index (χ4n) is 2.22. The highest BCUT2D eigenvalue weighted by Gasteiger charge is 2.30. The second-order valence-electron chi connectivity index (χ2n) is 4.63. The molecule has 0 aliphatic carbocycles. The number of hydrogen-bond donors (Lipinski definition) is 1. The molecule has 2 atom stereocenters. The number of likely N-dealkylation sites (tertiary alicyclic amines) is 1. The average Bonchev–Trinajstić information content (AvgIpc) is 2.64. The molecular weight excluding hydrogens is 238 g/mol. The van der Waals surface area contributed by atoms with Crippen molar-refractivity contribution in [2.24, 2.45) is 0 Å². The number of likely N-dealkylation sites (N-methyl/N-ethyl adjacent to an activating group) is 1. The zero-order chi connectivity index (χ0) is 13.3. The maximum atomic E-state index is 13.6. The molecule has 0 bridgehead atoms. The van der Waals surface area contributed by atoms with E-state index in [-0.39, 0.29) is 17.5 Å². The van der Waals surface area contributed by atoms with E-state index in [2.05, 4.69) is 5.32 Å². The Labute approximate surface area is 105 Å². The summed E-state index contributed by atoms with van der Waals surface area (Å²) >= 11 is 0. The van der Waals surface area contributed by atoms with Gasteiger partial charge in [0.25, 0.3) is 0 Å². The van der Waals surface area contributed by atoms with E-state index in [1.807, 2.05) is 0 Å². The number of amides is 1. The second kappa shape index (κ2) is 5.02. The Kier molecular flexibility index (Phi) is 3.61. The number of carbonyl (C=O) groups excluding carboxylic acids is 1. The van der Waals surface area contributed by atoms with Gasteiger partial charge in [-0.3, -0.25) is 10.1 Å². The lowest BCUT2D eigenvalue weighted by atomic mass is 10.1. The van der Waals surface area contributed by atoms with Gasteiger partial charge in [-0.2, -0.15) is 0 Å². The summed E-state index contributed by atoms with van der Waals surface area (Å²) in [5.41, 5.74) is 0.248. The van der Waals surface area contributed by atoms with Crippen LogP contribution in [-0.2, 0) is 4.79 Å². The molecule has 5 heteroatoms. The molecular formula is C13H16F2N2O. The average molecular weight is 254 g/mol. The van der Waals surface area contributed by atoms with E-state index in [0.29, 0.717) is 13.0 Å². The summed E-state index contributed by atoms with van der Waals surface area (Å²) in [5, 5.41) is 3.05. The molecule has 18 heavy (non-hydrogen) atoms. The maximum Gasteiger partial charge on any atom is 0.239 e. The Balaban J connectivity index is 2.10. The summed E-state index contributed by atoms with van der Waals surface area (Å²) in [6, 6.07) is 3.36. The van der Waals surface area contributed by atoms with Gasteiger partial charge < -0.3 is 4.90 Å². The summed E-state index contributed by atoms with van der Waals surface area (Å²) in [4.78, 5) is 13.4. The van der Waals surface area contributed by atoms with E-state index in [9.17, 15) is 13.6 Å². The largest absolute Gasteiger partial charge is 0.344 e. The number of nitrogens with zero attached hydrogens (tertiary/aromatic N) is 1. The van der Waals surface area contributed by atoms with Gasteiger partial charge in [0.15, 0.2) is 11.6 Å². The lowest BCUT2D eigenvalue weighted by Crippen LogP contribution is -2.38. The number of hydrogen-bond acceptors (Lipinski definition) is 2. The van der Waals surface area contributed by atoms with Crippen molar-refractivity contribution in [1.29, 1.82) is 0 Å². The summed E-state index contributed by atoms with van der Waals surface area (Å²) in [7, 11) is 1.73. The molecule has 98 valence electrons. The van der Waals surface area contributed by atoms with Gasteiger partial charge in [-0.25, -0.2) is 8.78 Å². The first-order chi connectivity index (χ1) is 8.50. The lowest BCUT2D eigenvalue weighted by molar-refractivity contribution is -0.128. The standard InChI is InChI=1S/C13H16F2N2O/c1-8(9-4-3-5-10(14)12(9)15)16-11-6-7-17(2)13(11)18/h3-5,8,11,16H,6-7H2,1-2H3. The van der Waals surface area contributed by atoms with E-state index < -0.39 is 17.7 Å². The fourth-order valence-corrected chi connectivity index (χ4v) is 2.22. The maximum absolute atomic E-state index is 13.6. The molecule has 2 rings (SSSR count). The molecule has 1 N–H and O–H groups in total. The number of nitrogens with one attached hydrogen (secondary N) is 1. The van der Waals surface area contributed by atoms with Crippen LogP contribution in [0, 0.1) is 11.6 Å². The van der Waals surface area contributed by atoms with E-state index >= 15 is 0 Å². The molecule has 1 aliphatic rings. The number of halogens is 2. The van der Waals surface area contributed by atoms with E-state index in [4.69, 9.17) is 0 Å². The van der Waals surface area contributed by atoms with Crippen LogP contribution < -0.4 is 5.32 Å². The molecule has 0 aromatic heterocycles. The number of rotatable bonds is 3. The Hall–Kier alpha value is -1.49. The van der Waals surface area contributed by atoms with Crippen molar-refractivity contribution in [3.63, 3.8) is 0 Å². The molecule has 0 saturated carbocycles. The topological polar surface area (TPSA) is 32.3 Å². The third-order valence-electron chi connectivity index (χ3n) is 3.33. The Bertz CT molecular complexity index is 464. The lowest BCUT2D eigenvalue weighted by Gasteiger charge is -2.19. The fraction of sp³-hybridized carbons (Fsp3) is 0.462. The van der Waals surface area contributed by atoms with Gasteiger partial charge in [-0.15, -0.1) is 0 Å². The summed E-state index contributed by atoms with van der Waals surface area (Å²) in [5.74, 6) is -1.72. The normalized spacial score (nSPS) is 21.4. The van der Waals surface area contributed by atoms with Gasteiger partial charge in [0.2, 0.25) is 5.91 Å². The van der Waals surface area contributed by atoms with Gasteiger partial charge in [0, 0.05) is 25.2 Å². The highest BCUT2D eigenvalue weighted by Crippen LogP contribution is 2.21. The quantitative estimate of drug-likeness (QED) is 0.892. The van der Waals surface area contributed by atoms with Gasteiger partial charge in [-0.05, 0) is 19.4 Å². The van der Waals surface area contributed by atoms with Crippen LogP contribution >= 0.6 is 0 Å². The first-order valence-corrected chi connectivity index (χ1v) is 5.95. The molecule has 1 aromatic rings. The highest BCUT2D eigenvalue weighted by molar-refractivity contribution is 5.83. The molecule has 1 aliphatic heterocycles. The molecule has 0 spiro atoms. The molecule has 1 saturated heterocycles. The zero-order valence-electron chi connectivity index (χ0n) is 10.4. The SMILES string of the molecule is CC(NC1CCN(C)C1=O)c1cccc(F)c1F. The van der Waals surface area contributed by atoms with Crippen molar-refractivity contribution in [2.45, 2.75) is 25.4 Å². The van der Waals surface area contributed by atoms with E-state index in [0.717, 1.165) is 6.07 Å². The van der Waals surface area contributed by atoms with Crippen molar-refractivity contribution in [3.05, 3.63) is 35.4 Å². The van der Waals surface area contributed by atoms with Gasteiger partial charge in [-0.1, -0.05) is 12.1 Å². The molecule has 1 fully saturated rings. The van der Waals surface area contributed by atoms with Crippen LogP contribution in [0.5, 0.6) is 0 Å². The monoisotopic (exact) mass is 254 g/mol. The first-order valence-electron chi connectivity index (χ1n) is 5.95. The number of carbonyl (C=O) groups is 1. The van der Waals surface area contributed by atoms with Gasteiger partial charge >= 0.3 is 0 Å². The van der Waals surface area contributed by atoms with Crippen molar-refractivity contribution < 1.29 is 13.6 Å². The molecule has 1 amide bonds. The van der Waals surface area contributed by atoms with Crippen LogP contribution in [0.25, 0.3) is 0 Å². The van der Waals surface area contributed by atoms with Crippen LogP contribution in [-0.4, -0.2) is 30.4 Å². The summed E-state index contributed by atoms with van der Waals surface area (Å²) < 4.78 is 26.7. The van der Waals surface area contributed by atoms with Crippen LogP contribution in [0.15, 0.2) is 18.2 Å². The van der Waals surface area contributed by atoms with E-state index in [1.165, 1.54) is 12.1 Å². The zero-order valence-corrected chi connectivity index (χ0v) is 10.4. The van der Waals surface area contributed by atoms with Gasteiger partial charge in [0.05, 0.1) is 6.04 Å². The minimum atomic E-state index is -0.865. The van der Waals surface area contributed by atoms with Crippen LogP contribution in [0.1, 0.15) is 24.9 Å². The Morgan fingerprint density at radius 2 is 2.17 bits per heavy atom. The molecule has 2 unspecified atom stereocenters. The molecule has 1 heterocycles. The minimum Gasteiger partial charge on any atom is -0.344 e. The molecule has 1 aromatic carbocycles. The van der Waals surface area contributed by atoms with Crippen molar-refractivity contribution >= 4 is 5.91 Å².